The quantitative estimate of drug-likeness (QED) is 0.433. The normalized spacial score (nSPS) is 24.8. The first-order chi connectivity index (χ1) is 16.3. The van der Waals surface area contributed by atoms with Gasteiger partial charge in [0, 0.05) is 11.1 Å². The van der Waals surface area contributed by atoms with Gasteiger partial charge in [0.05, 0.1) is 23.6 Å². The molecule has 3 aliphatic rings. The van der Waals surface area contributed by atoms with E-state index in [1.165, 1.54) is 30.3 Å². The highest BCUT2D eigenvalue weighted by Crippen LogP contribution is 2.57. The standard InChI is InChI=1S/C27H18FNO5/c1-14-9-11-15(12-10-14)22-20-21(26(33)29(25(20)32)17-6-4-5-16(28)13-17)27(34-22)23(30)18-7-2-3-8-19(18)24(27)31/h2-13,20-22H,1H3/t20-,21-,22+/m1/s1. The molecule has 7 heteroatoms. The highest BCUT2D eigenvalue weighted by Gasteiger charge is 2.74. The lowest BCUT2D eigenvalue weighted by atomic mass is 9.77. The number of ether oxygens (including phenoxy) is 1. The molecule has 0 bridgehead atoms. The lowest BCUT2D eigenvalue weighted by Crippen LogP contribution is -2.51. The van der Waals surface area contributed by atoms with E-state index in [1.54, 1.807) is 24.3 Å². The van der Waals surface area contributed by atoms with Gasteiger partial charge in [-0.2, -0.15) is 0 Å². The molecule has 6 rings (SSSR count). The van der Waals surface area contributed by atoms with Crippen LogP contribution in [0.4, 0.5) is 10.1 Å². The molecule has 2 saturated heterocycles. The van der Waals surface area contributed by atoms with E-state index >= 15 is 0 Å². The van der Waals surface area contributed by atoms with Crippen molar-refractivity contribution < 1.29 is 28.3 Å². The molecule has 34 heavy (non-hydrogen) atoms. The summed E-state index contributed by atoms with van der Waals surface area (Å²) in [5.74, 6) is -5.71. The molecule has 3 aromatic carbocycles. The third-order valence-electron chi connectivity index (χ3n) is 6.99. The van der Waals surface area contributed by atoms with Gasteiger partial charge in [-0.05, 0) is 30.7 Å². The third-order valence-corrected chi connectivity index (χ3v) is 6.99. The topological polar surface area (TPSA) is 80.8 Å². The number of hydrogen-bond acceptors (Lipinski definition) is 5. The van der Waals surface area contributed by atoms with Crippen LogP contribution in [0.5, 0.6) is 0 Å². The van der Waals surface area contributed by atoms with Crippen molar-refractivity contribution >= 4 is 29.1 Å². The molecule has 2 aliphatic heterocycles. The number of amides is 2. The van der Waals surface area contributed by atoms with Crippen molar-refractivity contribution in [2.45, 2.75) is 18.6 Å². The number of anilines is 1. The maximum Gasteiger partial charge on any atom is 0.241 e. The Morgan fingerprint density at radius 2 is 1.47 bits per heavy atom. The largest absolute Gasteiger partial charge is 0.349 e. The molecule has 2 amide bonds. The fourth-order valence-corrected chi connectivity index (χ4v) is 5.44. The van der Waals surface area contributed by atoms with E-state index in [2.05, 4.69) is 0 Å². The summed E-state index contributed by atoms with van der Waals surface area (Å²) in [5, 5.41) is 0. The zero-order chi connectivity index (χ0) is 23.8. The SMILES string of the molecule is Cc1ccc([C@@H]2OC3(C(=O)c4ccccc4C3=O)[C@H]3C(=O)N(c4cccc(F)c4)C(=O)[C@@H]23)cc1. The van der Waals surface area contributed by atoms with E-state index in [0.717, 1.165) is 16.5 Å². The van der Waals surface area contributed by atoms with Gasteiger partial charge >= 0.3 is 0 Å². The van der Waals surface area contributed by atoms with Crippen molar-refractivity contribution in [2.24, 2.45) is 11.8 Å². The fraction of sp³-hybridized carbons (Fsp3) is 0.185. The first-order valence-corrected chi connectivity index (χ1v) is 10.9. The lowest BCUT2D eigenvalue weighted by molar-refractivity contribution is -0.127. The number of nitrogens with zero attached hydrogens (tertiary/aromatic N) is 1. The average Bonchev–Trinajstić information content (AvgIpc) is 3.40. The second-order valence-electron chi connectivity index (χ2n) is 8.88. The molecule has 0 N–H and O–H groups in total. The molecule has 0 unspecified atom stereocenters. The molecule has 0 aromatic heterocycles. The Morgan fingerprint density at radius 3 is 2.09 bits per heavy atom. The number of hydrogen-bond donors (Lipinski definition) is 0. The second-order valence-corrected chi connectivity index (χ2v) is 8.88. The van der Waals surface area contributed by atoms with Crippen LogP contribution >= 0.6 is 0 Å². The van der Waals surface area contributed by atoms with Gasteiger partial charge in [-0.3, -0.25) is 19.2 Å². The van der Waals surface area contributed by atoms with Crippen molar-refractivity contribution in [2.75, 3.05) is 4.90 Å². The molecule has 2 fully saturated rings. The zero-order valence-electron chi connectivity index (χ0n) is 18.0. The van der Waals surface area contributed by atoms with Crippen LogP contribution in [0, 0.1) is 24.6 Å². The van der Waals surface area contributed by atoms with E-state index in [9.17, 15) is 23.6 Å². The van der Waals surface area contributed by atoms with Gasteiger partial charge in [0.2, 0.25) is 29.0 Å². The van der Waals surface area contributed by atoms with Crippen LogP contribution < -0.4 is 4.90 Å². The monoisotopic (exact) mass is 455 g/mol. The summed E-state index contributed by atoms with van der Waals surface area (Å²) in [5.41, 5.74) is -0.198. The van der Waals surface area contributed by atoms with E-state index in [4.69, 9.17) is 4.74 Å². The summed E-state index contributed by atoms with van der Waals surface area (Å²) in [6.07, 6.45) is -0.997. The molecule has 0 saturated carbocycles. The van der Waals surface area contributed by atoms with Crippen LogP contribution in [0.3, 0.4) is 0 Å². The smallest absolute Gasteiger partial charge is 0.241 e. The molecule has 6 nitrogen and oxygen atoms in total. The molecule has 1 spiro atoms. The predicted octanol–water partition coefficient (Wildman–Crippen LogP) is 3.83. The Kier molecular flexibility index (Phi) is 4.25. The van der Waals surface area contributed by atoms with Gasteiger partial charge in [0.25, 0.3) is 0 Å². The van der Waals surface area contributed by atoms with E-state index in [-0.39, 0.29) is 16.8 Å². The number of benzene rings is 3. The van der Waals surface area contributed by atoms with Crippen LogP contribution in [0.25, 0.3) is 0 Å². The maximum atomic E-state index is 14.0. The van der Waals surface area contributed by atoms with Gasteiger partial charge in [0.15, 0.2) is 0 Å². The average molecular weight is 455 g/mol. The predicted molar refractivity (Wildman–Crippen MR) is 119 cm³/mol. The fourth-order valence-electron chi connectivity index (χ4n) is 5.44. The van der Waals surface area contributed by atoms with Crippen molar-refractivity contribution in [3.8, 4) is 0 Å². The number of fused-ring (bicyclic) bond motifs is 3. The number of carbonyl (C=O) groups excluding carboxylic acids is 4. The van der Waals surface area contributed by atoms with Crippen LogP contribution in [0.1, 0.15) is 37.9 Å². The highest BCUT2D eigenvalue weighted by molar-refractivity contribution is 6.37. The van der Waals surface area contributed by atoms with Gasteiger partial charge < -0.3 is 4.74 Å². The van der Waals surface area contributed by atoms with Crippen LogP contribution in [-0.4, -0.2) is 29.0 Å². The Morgan fingerprint density at radius 1 is 0.824 bits per heavy atom. The summed E-state index contributed by atoms with van der Waals surface area (Å²) in [6.45, 7) is 1.90. The summed E-state index contributed by atoms with van der Waals surface area (Å²) in [7, 11) is 0. The van der Waals surface area contributed by atoms with Crippen molar-refractivity contribution in [1.29, 1.82) is 0 Å². The van der Waals surface area contributed by atoms with Crippen LogP contribution in [0.2, 0.25) is 0 Å². The van der Waals surface area contributed by atoms with Crippen molar-refractivity contribution in [3.05, 3.63) is 101 Å². The van der Waals surface area contributed by atoms with Crippen LogP contribution in [-0.2, 0) is 14.3 Å². The Labute approximate surface area is 193 Å². The third kappa shape index (κ3) is 2.53. The Balaban J connectivity index is 1.55. The van der Waals surface area contributed by atoms with Crippen molar-refractivity contribution in [3.63, 3.8) is 0 Å². The van der Waals surface area contributed by atoms with E-state index in [0.29, 0.717) is 5.56 Å². The summed E-state index contributed by atoms with van der Waals surface area (Å²) < 4.78 is 20.2. The summed E-state index contributed by atoms with van der Waals surface area (Å²) in [6, 6.07) is 18.6. The van der Waals surface area contributed by atoms with Gasteiger partial charge in [-0.15, -0.1) is 0 Å². The Hall–Kier alpha value is -3.97. The van der Waals surface area contributed by atoms with Gasteiger partial charge in [-0.1, -0.05) is 60.2 Å². The second kappa shape index (κ2) is 7.01. The van der Waals surface area contributed by atoms with Crippen LogP contribution in [0.15, 0.2) is 72.8 Å². The zero-order valence-corrected chi connectivity index (χ0v) is 18.0. The molecular formula is C27H18FNO5. The molecular weight excluding hydrogens is 437 g/mol. The minimum absolute atomic E-state index is 0.0533. The summed E-state index contributed by atoms with van der Waals surface area (Å²) >= 11 is 0. The van der Waals surface area contributed by atoms with E-state index < -0.39 is 52.7 Å². The highest BCUT2D eigenvalue weighted by atomic mass is 19.1. The number of rotatable bonds is 2. The molecule has 2 heterocycles. The maximum absolute atomic E-state index is 14.0. The van der Waals surface area contributed by atoms with Crippen molar-refractivity contribution in [1.82, 2.24) is 0 Å². The molecule has 168 valence electrons. The lowest BCUT2D eigenvalue weighted by Gasteiger charge is -2.27. The number of aryl methyl sites for hydroxylation is 1. The minimum Gasteiger partial charge on any atom is -0.349 e. The number of imide groups is 1. The van der Waals surface area contributed by atoms with Gasteiger partial charge in [-0.25, -0.2) is 9.29 Å². The first-order valence-electron chi connectivity index (χ1n) is 10.9. The first kappa shape index (κ1) is 20.6. The number of carbonyl (C=O) groups is 4. The molecule has 1 aliphatic carbocycles. The molecule has 0 radical (unpaired) electrons. The number of halogens is 1. The number of Topliss-reactive ketones (excluding diaryl/α,β-unsaturated/α-hetero) is 2. The Bertz CT molecular complexity index is 1380. The minimum atomic E-state index is -2.14. The molecule has 3 atom stereocenters. The van der Waals surface area contributed by atoms with E-state index in [1.807, 2.05) is 19.1 Å². The molecule has 3 aromatic rings. The van der Waals surface area contributed by atoms with Gasteiger partial charge in [0.1, 0.15) is 5.82 Å². The summed E-state index contributed by atoms with van der Waals surface area (Å²) in [4.78, 5) is 55.6. The number of ketones is 2.